The van der Waals surface area contributed by atoms with E-state index in [2.05, 4.69) is 11.1 Å². The third kappa shape index (κ3) is 2.74. The maximum absolute atomic E-state index is 8.95. The van der Waals surface area contributed by atoms with Crippen molar-refractivity contribution in [2.24, 2.45) is 0 Å². The van der Waals surface area contributed by atoms with Crippen LogP contribution in [0.15, 0.2) is 29.4 Å². The van der Waals surface area contributed by atoms with Crippen LogP contribution in [0.1, 0.15) is 20.3 Å². The number of nitriles is 1. The van der Waals surface area contributed by atoms with Gasteiger partial charge >= 0.3 is 0 Å². The number of thioether (sulfide) groups is 1. The molecule has 0 aliphatic rings. The van der Waals surface area contributed by atoms with Crippen LogP contribution < -0.4 is 0 Å². The first-order valence-electron chi connectivity index (χ1n) is 4.21. The molecule has 13 heavy (non-hydrogen) atoms. The van der Waals surface area contributed by atoms with Crippen LogP contribution in [0.25, 0.3) is 0 Å². The monoisotopic (exact) mass is 192 g/mol. The van der Waals surface area contributed by atoms with Crippen LogP contribution in [0.3, 0.4) is 0 Å². The lowest BCUT2D eigenvalue weighted by atomic mass is 10.1. The van der Waals surface area contributed by atoms with Crippen molar-refractivity contribution in [2.45, 2.75) is 30.0 Å². The Bertz CT molecular complexity index is 304. The van der Waals surface area contributed by atoms with E-state index in [0.29, 0.717) is 0 Å². The number of aromatic nitrogens is 1. The van der Waals surface area contributed by atoms with E-state index in [-0.39, 0.29) is 4.75 Å². The van der Waals surface area contributed by atoms with Crippen molar-refractivity contribution < 1.29 is 0 Å². The van der Waals surface area contributed by atoms with Crippen LogP contribution in [0, 0.1) is 11.3 Å². The first-order valence-corrected chi connectivity index (χ1v) is 5.03. The Kier molecular flexibility index (Phi) is 3.32. The summed E-state index contributed by atoms with van der Waals surface area (Å²) < 4.78 is -0.353. The molecule has 0 N–H and O–H groups in total. The number of hydrogen-bond acceptors (Lipinski definition) is 3. The zero-order valence-corrected chi connectivity index (χ0v) is 8.64. The quantitative estimate of drug-likeness (QED) is 0.691. The first kappa shape index (κ1) is 10.1. The van der Waals surface area contributed by atoms with E-state index < -0.39 is 0 Å². The lowest BCUT2D eigenvalue weighted by molar-refractivity contribution is 0.766. The maximum Gasteiger partial charge on any atom is 0.105 e. The number of hydrogen-bond donors (Lipinski definition) is 0. The van der Waals surface area contributed by atoms with Crippen LogP contribution in [-0.4, -0.2) is 9.73 Å². The summed E-state index contributed by atoms with van der Waals surface area (Å²) in [6, 6.07) is 8.03. The van der Waals surface area contributed by atoms with Gasteiger partial charge < -0.3 is 0 Å². The Labute approximate surface area is 83.0 Å². The summed E-state index contributed by atoms with van der Waals surface area (Å²) in [7, 11) is 0. The third-order valence-electron chi connectivity index (χ3n) is 1.88. The van der Waals surface area contributed by atoms with Gasteiger partial charge in [0.1, 0.15) is 4.75 Å². The number of rotatable bonds is 3. The van der Waals surface area contributed by atoms with Gasteiger partial charge in [-0.15, -0.1) is 0 Å². The zero-order chi connectivity index (χ0) is 9.73. The van der Waals surface area contributed by atoms with Crippen molar-refractivity contribution in [3.63, 3.8) is 0 Å². The molecule has 0 aromatic carbocycles. The summed E-state index contributed by atoms with van der Waals surface area (Å²) in [5.41, 5.74) is 0. The second-order valence-electron chi connectivity index (χ2n) is 2.97. The highest BCUT2D eigenvalue weighted by Gasteiger charge is 2.23. The summed E-state index contributed by atoms with van der Waals surface area (Å²) >= 11 is 1.52. The minimum absolute atomic E-state index is 0.353. The third-order valence-corrected chi connectivity index (χ3v) is 3.16. The van der Waals surface area contributed by atoms with E-state index in [4.69, 9.17) is 5.26 Å². The van der Waals surface area contributed by atoms with E-state index in [1.54, 1.807) is 6.20 Å². The highest BCUT2D eigenvalue weighted by molar-refractivity contribution is 8.00. The smallest absolute Gasteiger partial charge is 0.105 e. The molecular weight excluding hydrogens is 180 g/mol. The summed E-state index contributed by atoms with van der Waals surface area (Å²) in [4.78, 5) is 4.17. The summed E-state index contributed by atoms with van der Waals surface area (Å²) in [6.45, 7) is 3.95. The van der Waals surface area contributed by atoms with E-state index in [9.17, 15) is 0 Å². The number of pyridine rings is 1. The molecule has 1 heterocycles. The zero-order valence-electron chi connectivity index (χ0n) is 7.82. The van der Waals surface area contributed by atoms with Crippen molar-refractivity contribution in [3.8, 4) is 6.07 Å². The molecular formula is C10H12N2S. The van der Waals surface area contributed by atoms with Gasteiger partial charge in [-0.2, -0.15) is 5.26 Å². The van der Waals surface area contributed by atoms with Gasteiger partial charge in [-0.25, -0.2) is 4.98 Å². The molecule has 1 aromatic heterocycles. The van der Waals surface area contributed by atoms with E-state index in [1.165, 1.54) is 11.8 Å². The molecule has 0 aliphatic carbocycles. The van der Waals surface area contributed by atoms with Crippen molar-refractivity contribution in [1.29, 1.82) is 5.26 Å². The fourth-order valence-electron chi connectivity index (χ4n) is 0.812. The molecule has 0 amide bonds. The van der Waals surface area contributed by atoms with Crippen molar-refractivity contribution in [2.75, 3.05) is 0 Å². The predicted octanol–water partition coefficient (Wildman–Crippen LogP) is 2.87. The number of nitrogens with zero attached hydrogens (tertiary/aromatic N) is 2. The van der Waals surface area contributed by atoms with Gasteiger partial charge in [-0.05, 0) is 25.5 Å². The van der Waals surface area contributed by atoms with Gasteiger partial charge in [-0.1, -0.05) is 24.8 Å². The molecule has 0 unspecified atom stereocenters. The van der Waals surface area contributed by atoms with Crippen LogP contribution in [0.5, 0.6) is 0 Å². The fourth-order valence-corrected chi connectivity index (χ4v) is 1.72. The van der Waals surface area contributed by atoms with E-state index >= 15 is 0 Å². The van der Waals surface area contributed by atoms with Crippen molar-refractivity contribution in [1.82, 2.24) is 4.98 Å². The first-order chi connectivity index (χ1) is 6.20. The Balaban J connectivity index is 2.75. The van der Waals surface area contributed by atoms with Crippen molar-refractivity contribution >= 4 is 11.8 Å². The van der Waals surface area contributed by atoms with Gasteiger partial charge in [0.2, 0.25) is 0 Å². The second kappa shape index (κ2) is 4.29. The Morgan fingerprint density at radius 2 is 2.38 bits per heavy atom. The fraction of sp³-hybridized carbons (Fsp3) is 0.400. The van der Waals surface area contributed by atoms with E-state index in [0.717, 1.165) is 11.4 Å². The lowest BCUT2D eigenvalue weighted by Gasteiger charge is -2.17. The normalized spacial score (nSPS) is 14.5. The maximum atomic E-state index is 8.95. The SMILES string of the molecule is CC[C@](C)(C#N)Sc1ccccn1. The molecule has 1 atom stereocenters. The highest BCUT2D eigenvalue weighted by Crippen LogP contribution is 2.33. The Morgan fingerprint density at radius 3 is 2.85 bits per heavy atom. The van der Waals surface area contributed by atoms with Gasteiger partial charge in [0.15, 0.2) is 0 Å². The second-order valence-corrected chi connectivity index (χ2v) is 4.49. The average Bonchev–Trinajstić information content (AvgIpc) is 2.19. The van der Waals surface area contributed by atoms with Crippen LogP contribution >= 0.6 is 11.8 Å². The minimum atomic E-state index is -0.353. The van der Waals surface area contributed by atoms with Gasteiger partial charge in [0.05, 0.1) is 11.1 Å². The molecule has 0 bridgehead atoms. The molecule has 68 valence electrons. The molecule has 0 spiro atoms. The van der Waals surface area contributed by atoms with Gasteiger partial charge in [-0.3, -0.25) is 0 Å². The molecule has 0 radical (unpaired) electrons. The molecule has 3 heteroatoms. The topological polar surface area (TPSA) is 36.7 Å². The average molecular weight is 192 g/mol. The highest BCUT2D eigenvalue weighted by atomic mass is 32.2. The van der Waals surface area contributed by atoms with Gasteiger partial charge in [0, 0.05) is 6.20 Å². The molecule has 0 saturated carbocycles. The van der Waals surface area contributed by atoms with E-state index in [1.807, 2.05) is 32.0 Å². The van der Waals surface area contributed by atoms with Crippen LogP contribution in [0.2, 0.25) is 0 Å². The molecule has 0 saturated heterocycles. The summed E-state index contributed by atoms with van der Waals surface area (Å²) in [5, 5.41) is 9.86. The largest absolute Gasteiger partial charge is 0.250 e. The van der Waals surface area contributed by atoms with Crippen molar-refractivity contribution in [3.05, 3.63) is 24.4 Å². The standard InChI is InChI=1S/C10H12N2S/c1-3-10(2,8-11)13-9-6-4-5-7-12-9/h4-7H,3H2,1-2H3/t10-/m1/s1. The van der Waals surface area contributed by atoms with Crippen LogP contribution in [0.4, 0.5) is 0 Å². The molecule has 0 fully saturated rings. The molecule has 1 aromatic rings. The van der Waals surface area contributed by atoms with Gasteiger partial charge in [0.25, 0.3) is 0 Å². The molecule has 0 aliphatic heterocycles. The minimum Gasteiger partial charge on any atom is -0.250 e. The Morgan fingerprint density at radius 1 is 1.62 bits per heavy atom. The molecule has 2 nitrogen and oxygen atoms in total. The van der Waals surface area contributed by atoms with Crippen LogP contribution in [-0.2, 0) is 0 Å². The summed E-state index contributed by atoms with van der Waals surface area (Å²) in [5.74, 6) is 0. The lowest BCUT2D eigenvalue weighted by Crippen LogP contribution is -2.15. The Hall–Kier alpha value is -1.01. The summed E-state index contributed by atoms with van der Waals surface area (Å²) in [6.07, 6.45) is 2.57. The predicted molar refractivity (Wildman–Crippen MR) is 54.4 cm³/mol. The molecule has 1 rings (SSSR count).